The summed E-state index contributed by atoms with van der Waals surface area (Å²) in [7, 11) is 0. The van der Waals surface area contributed by atoms with Crippen molar-refractivity contribution in [1.29, 1.82) is 0 Å². The normalized spacial score (nSPS) is 10.7. The fourth-order valence-electron chi connectivity index (χ4n) is 1.77. The number of hydrogen-bond donors (Lipinski definition) is 1. The predicted octanol–water partition coefficient (Wildman–Crippen LogP) is 3.67. The van der Waals surface area contributed by atoms with Crippen LogP contribution in [0.5, 0.6) is 0 Å². The molecule has 0 radical (unpaired) electrons. The van der Waals surface area contributed by atoms with Crippen molar-refractivity contribution in [2.75, 3.05) is 6.54 Å². The molecule has 0 saturated heterocycles. The number of benzene rings is 1. The summed E-state index contributed by atoms with van der Waals surface area (Å²) in [5.74, 6) is -0.120. The molecule has 0 heterocycles. The number of aryl methyl sites for hydroxylation is 1. The Morgan fingerprint density at radius 1 is 1.12 bits per heavy atom. The van der Waals surface area contributed by atoms with E-state index in [0.717, 1.165) is 44.3 Å². The van der Waals surface area contributed by atoms with Crippen LogP contribution >= 0.6 is 0 Å². The van der Waals surface area contributed by atoms with Crippen LogP contribution in [0.1, 0.15) is 44.2 Å². The van der Waals surface area contributed by atoms with Crippen LogP contribution in [0.3, 0.4) is 0 Å². The van der Waals surface area contributed by atoms with Gasteiger partial charge in [0.15, 0.2) is 0 Å². The average Bonchev–Trinajstić information content (AvgIpc) is 2.29. The summed E-state index contributed by atoms with van der Waals surface area (Å²) >= 11 is 0. The maximum absolute atomic E-state index is 13.1. The van der Waals surface area contributed by atoms with E-state index >= 15 is 0 Å². The second-order valence-corrected chi connectivity index (χ2v) is 4.19. The SMILES string of the molecule is CCCCc1cc(F)ccc1CNCCC. The Kier molecular flexibility index (Phi) is 6.09. The lowest BCUT2D eigenvalue weighted by molar-refractivity contribution is 0.618. The molecule has 0 aliphatic carbocycles. The van der Waals surface area contributed by atoms with Gasteiger partial charge in [-0.3, -0.25) is 0 Å². The van der Waals surface area contributed by atoms with E-state index in [1.165, 1.54) is 5.56 Å². The molecule has 0 aliphatic rings. The van der Waals surface area contributed by atoms with Crippen LogP contribution in [0.2, 0.25) is 0 Å². The van der Waals surface area contributed by atoms with Gasteiger partial charge < -0.3 is 5.32 Å². The lowest BCUT2D eigenvalue weighted by Gasteiger charge is -2.10. The van der Waals surface area contributed by atoms with Gasteiger partial charge in [-0.25, -0.2) is 4.39 Å². The van der Waals surface area contributed by atoms with Crippen molar-refractivity contribution in [2.24, 2.45) is 0 Å². The van der Waals surface area contributed by atoms with Crippen molar-refractivity contribution in [3.63, 3.8) is 0 Å². The third-order valence-electron chi connectivity index (χ3n) is 2.71. The van der Waals surface area contributed by atoms with E-state index in [0.29, 0.717) is 0 Å². The Morgan fingerprint density at radius 2 is 1.94 bits per heavy atom. The molecule has 1 N–H and O–H groups in total. The van der Waals surface area contributed by atoms with E-state index < -0.39 is 0 Å². The number of hydrogen-bond acceptors (Lipinski definition) is 1. The van der Waals surface area contributed by atoms with Crippen LogP contribution in [0.4, 0.5) is 4.39 Å². The summed E-state index contributed by atoms with van der Waals surface area (Å²) in [6.07, 6.45) is 4.39. The minimum Gasteiger partial charge on any atom is -0.313 e. The monoisotopic (exact) mass is 223 g/mol. The Morgan fingerprint density at radius 3 is 2.62 bits per heavy atom. The largest absolute Gasteiger partial charge is 0.313 e. The van der Waals surface area contributed by atoms with Crippen molar-refractivity contribution < 1.29 is 4.39 Å². The maximum atomic E-state index is 13.1. The van der Waals surface area contributed by atoms with E-state index in [4.69, 9.17) is 0 Å². The van der Waals surface area contributed by atoms with E-state index in [1.807, 2.05) is 6.07 Å². The molecule has 1 aromatic rings. The van der Waals surface area contributed by atoms with Gasteiger partial charge in [-0.2, -0.15) is 0 Å². The van der Waals surface area contributed by atoms with Crippen LogP contribution < -0.4 is 5.32 Å². The van der Waals surface area contributed by atoms with Crippen LogP contribution in [-0.2, 0) is 13.0 Å². The highest BCUT2D eigenvalue weighted by Gasteiger charge is 2.03. The molecule has 90 valence electrons. The zero-order chi connectivity index (χ0) is 11.8. The van der Waals surface area contributed by atoms with Crippen molar-refractivity contribution in [3.8, 4) is 0 Å². The van der Waals surface area contributed by atoms with Crippen molar-refractivity contribution >= 4 is 0 Å². The Balaban J connectivity index is 2.64. The third-order valence-corrected chi connectivity index (χ3v) is 2.71. The fraction of sp³-hybridized carbons (Fsp3) is 0.571. The van der Waals surface area contributed by atoms with Gasteiger partial charge in [0, 0.05) is 6.54 Å². The molecule has 0 bridgehead atoms. The molecule has 0 saturated carbocycles. The first-order chi connectivity index (χ1) is 7.77. The van der Waals surface area contributed by atoms with E-state index in [1.54, 1.807) is 12.1 Å². The molecule has 0 aromatic heterocycles. The smallest absolute Gasteiger partial charge is 0.123 e. The predicted molar refractivity (Wildman–Crippen MR) is 67.0 cm³/mol. The first-order valence-electron chi connectivity index (χ1n) is 6.26. The molecule has 1 aromatic carbocycles. The van der Waals surface area contributed by atoms with Gasteiger partial charge in [0.05, 0.1) is 0 Å². The zero-order valence-corrected chi connectivity index (χ0v) is 10.4. The second kappa shape index (κ2) is 7.39. The van der Waals surface area contributed by atoms with Crippen molar-refractivity contribution in [1.82, 2.24) is 5.32 Å². The molecule has 0 fully saturated rings. The number of rotatable bonds is 7. The molecule has 1 nitrogen and oxygen atoms in total. The molecule has 1 rings (SSSR count). The number of unbranched alkanes of at least 4 members (excludes halogenated alkanes) is 1. The van der Waals surface area contributed by atoms with Crippen molar-refractivity contribution in [2.45, 2.75) is 46.1 Å². The van der Waals surface area contributed by atoms with Crippen LogP contribution in [0.25, 0.3) is 0 Å². The first kappa shape index (κ1) is 13.2. The van der Waals surface area contributed by atoms with Gasteiger partial charge in [0.2, 0.25) is 0 Å². The highest BCUT2D eigenvalue weighted by atomic mass is 19.1. The second-order valence-electron chi connectivity index (χ2n) is 4.19. The molecule has 0 aliphatic heterocycles. The van der Waals surface area contributed by atoms with E-state index in [-0.39, 0.29) is 5.82 Å². The standard InChI is InChI=1S/C14H22FN/c1-3-5-6-12-10-14(15)8-7-13(12)11-16-9-4-2/h7-8,10,16H,3-6,9,11H2,1-2H3. The Labute approximate surface area is 98.1 Å². The topological polar surface area (TPSA) is 12.0 Å². The van der Waals surface area contributed by atoms with E-state index in [2.05, 4.69) is 19.2 Å². The van der Waals surface area contributed by atoms with Gasteiger partial charge in [-0.15, -0.1) is 0 Å². The van der Waals surface area contributed by atoms with E-state index in [9.17, 15) is 4.39 Å². The maximum Gasteiger partial charge on any atom is 0.123 e. The molecule has 2 heteroatoms. The molecule has 0 spiro atoms. The van der Waals surface area contributed by atoms with Crippen LogP contribution in [-0.4, -0.2) is 6.54 Å². The molecule has 0 amide bonds. The minimum atomic E-state index is -0.120. The van der Waals surface area contributed by atoms with Gasteiger partial charge in [-0.1, -0.05) is 26.3 Å². The van der Waals surface area contributed by atoms with Gasteiger partial charge >= 0.3 is 0 Å². The molecule has 0 unspecified atom stereocenters. The highest BCUT2D eigenvalue weighted by Crippen LogP contribution is 2.14. The average molecular weight is 223 g/mol. The first-order valence-corrected chi connectivity index (χ1v) is 6.26. The van der Waals surface area contributed by atoms with Crippen molar-refractivity contribution in [3.05, 3.63) is 35.1 Å². The molecule has 16 heavy (non-hydrogen) atoms. The fourth-order valence-corrected chi connectivity index (χ4v) is 1.77. The summed E-state index contributed by atoms with van der Waals surface area (Å²) < 4.78 is 13.1. The Hall–Kier alpha value is -0.890. The lowest BCUT2D eigenvalue weighted by atomic mass is 10.0. The lowest BCUT2D eigenvalue weighted by Crippen LogP contribution is -2.15. The van der Waals surface area contributed by atoms with Crippen LogP contribution in [0.15, 0.2) is 18.2 Å². The summed E-state index contributed by atoms with van der Waals surface area (Å²) in [6.45, 7) is 6.18. The zero-order valence-electron chi connectivity index (χ0n) is 10.4. The minimum absolute atomic E-state index is 0.120. The van der Waals surface area contributed by atoms with Gasteiger partial charge in [0.1, 0.15) is 5.82 Å². The number of nitrogens with one attached hydrogen (secondary N) is 1. The van der Waals surface area contributed by atoms with Gasteiger partial charge in [-0.05, 0) is 49.1 Å². The summed E-state index contributed by atoms with van der Waals surface area (Å²) in [4.78, 5) is 0. The van der Waals surface area contributed by atoms with Gasteiger partial charge in [0.25, 0.3) is 0 Å². The summed E-state index contributed by atoms with van der Waals surface area (Å²) in [5, 5.41) is 3.37. The number of halogens is 1. The summed E-state index contributed by atoms with van der Waals surface area (Å²) in [6, 6.07) is 5.14. The van der Waals surface area contributed by atoms with Crippen LogP contribution in [0, 0.1) is 5.82 Å². The highest BCUT2D eigenvalue weighted by molar-refractivity contribution is 5.28. The third kappa shape index (κ3) is 4.31. The molecular formula is C14H22FN. The molecule has 0 atom stereocenters. The quantitative estimate of drug-likeness (QED) is 0.695. The molecular weight excluding hydrogens is 201 g/mol. The Bertz CT molecular complexity index is 310. The summed E-state index contributed by atoms with van der Waals surface area (Å²) in [5.41, 5.74) is 2.40.